The molecule has 0 unspecified atom stereocenters. The van der Waals surface area contributed by atoms with Crippen molar-refractivity contribution in [3.8, 4) is 0 Å². The lowest BCUT2D eigenvalue weighted by molar-refractivity contribution is -0.150. The van der Waals surface area contributed by atoms with Gasteiger partial charge in [0.05, 0.1) is 12.5 Å². The van der Waals surface area contributed by atoms with Crippen LogP contribution in [0, 0.1) is 5.92 Å². The highest BCUT2D eigenvalue weighted by Gasteiger charge is 2.25. The third-order valence-corrected chi connectivity index (χ3v) is 3.62. The maximum atomic E-state index is 11.8. The van der Waals surface area contributed by atoms with Crippen molar-refractivity contribution in [3.05, 3.63) is 35.9 Å². The van der Waals surface area contributed by atoms with E-state index in [0.29, 0.717) is 6.61 Å². The lowest BCUT2D eigenvalue weighted by Crippen LogP contribution is -2.36. The molecular formula is C16H23NO2. The van der Waals surface area contributed by atoms with Crippen LogP contribution in [-0.2, 0) is 16.1 Å². The molecule has 1 fully saturated rings. The van der Waals surface area contributed by atoms with Crippen molar-refractivity contribution in [1.29, 1.82) is 0 Å². The van der Waals surface area contributed by atoms with Crippen LogP contribution in [0.3, 0.4) is 0 Å². The number of hydrogen-bond donors (Lipinski definition) is 0. The summed E-state index contributed by atoms with van der Waals surface area (Å²) in [6, 6.07) is 10.5. The largest absolute Gasteiger partial charge is 0.465 e. The van der Waals surface area contributed by atoms with Crippen molar-refractivity contribution in [2.75, 3.05) is 19.7 Å². The van der Waals surface area contributed by atoms with Crippen molar-refractivity contribution >= 4 is 5.97 Å². The molecule has 0 bridgehead atoms. The van der Waals surface area contributed by atoms with Crippen LogP contribution in [0.25, 0.3) is 0 Å². The minimum Gasteiger partial charge on any atom is -0.465 e. The van der Waals surface area contributed by atoms with E-state index < -0.39 is 0 Å². The van der Waals surface area contributed by atoms with Crippen molar-refractivity contribution in [2.45, 2.75) is 32.7 Å². The Morgan fingerprint density at radius 3 is 2.58 bits per heavy atom. The number of hydrogen-bond acceptors (Lipinski definition) is 3. The number of ether oxygens (including phenoxy) is 1. The Balaban J connectivity index is 1.75. The molecule has 1 aromatic rings. The molecule has 0 N–H and O–H groups in total. The van der Waals surface area contributed by atoms with Gasteiger partial charge < -0.3 is 4.74 Å². The van der Waals surface area contributed by atoms with Crippen LogP contribution < -0.4 is 0 Å². The zero-order valence-corrected chi connectivity index (χ0v) is 11.7. The van der Waals surface area contributed by atoms with E-state index in [4.69, 9.17) is 4.74 Å². The van der Waals surface area contributed by atoms with Gasteiger partial charge >= 0.3 is 5.97 Å². The van der Waals surface area contributed by atoms with E-state index in [-0.39, 0.29) is 11.9 Å². The van der Waals surface area contributed by atoms with E-state index in [1.807, 2.05) is 13.0 Å². The molecule has 0 saturated carbocycles. The molecule has 3 nitrogen and oxygen atoms in total. The Morgan fingerprint density at radius 1 is 1.26 bits per heavy atom. The standard InChI is InChI=1S/C16H23NO2/c1-2-12-19-16(18)15-8-10-17(11-9-15)13-14-6-4-3-5-7-14/h3-7,15H,2,8-13H2,1H3. The van der Waals surface area contributed by atoms with Crippen LogP contribution in [0.1, 0.15) is 31.7 Å². The topological polar surface area (TPSA) is 29.5 Å². The summed E-state index contributed by atoms with van der Waals surface area (Å²) in [5, 5.41) is 0. The maximum Gasteiger partial charge on any atom is 0.309 e. The van der Waals surface area contributed by atoms with Crippen molar-refractivity contribution in [2.24, 2.45) is 5.92 Å². The SMILES string of the molecule is CCCOC(=O)C1CCN(Cc2ccccc2)CC1. The predicted molar refractivity (Wildman–Crippen MR) is 75.7 cm³/mol. The van der Waals surface area contributed by atoms with E-state index in [9.17, 15) is 4.79 Å². The number of esters is 1. The highest BCUT2D eigenvalue weighted by atomic mass is 16.5. The molecular weight excluding hydrogens is 238 g/mol. The molecule has 1 aromatic carbocycles. The van der Waals surface area contributed by atoms with E-state index in [1.165, 1.54) is 5.56 Å². The maximum absolute atomic E-state index is 11.8. The summed E-state index contributed by atoms with van der Waals surface area (Å²) < 4.78 is 5.23. The molecule has 2 rings (SSSR count). The second-order valence-corrected chi connectivity index (χ2v) is 5.20. The fourth-order valence-corrected chi connectivity index (χ4v) is 2.49. The third-order valence-electron chi connectivity index (χ3n) is 3.62. The summed E-state index contributed by atoms with van der Waals surface area (Å²) in [5.74, 6) is 0.111. The predicted octanol–water partition coefficient (Wildman–Crippen LogP) is 2.85. The summed E-state index contributed by atoms with van der Waals surface area (Å²) in [5.41, 5.74) is 1.34. The van der Waals surface area contributed by atoms with Crippen LogP contribution >= 0.6 is 0 Å². The number of carbonyl (C=O) groups is 1. The normalized spacial score (nSPS) is 17.3. The van der Waals surface area contributed by atoms with Gasteiger partial charge in [0.1, 0.15) is 0 Å². The first kappa shape index (κ1) is 14.1. The van der Waals surface area contributed by atoms with Crippen LogP contribution in [0.5, 0.6) is 0 Å². The lowest BCUT2D eigenvalue weighted by Gasteiger charge is -2.30. The van der Waals surface area contributed by atoms with Gasteiger partial charge in [-0.05, 0) is 37.9 Å². The van der Waals surface area contributed by atoms with Gasteiger partial charge in [-0.2, -0.15) is 0 Å². The van der Waals surface area contributed by atoms with Gasteiger partial charge in [0.15, 0.2) is 0 Å². The molecule has 1 aliphatic rings. The first-order valence-electron chi connectivity index (χ1n) is 7.22. The van der Waals surface area contributed by atoms with Crippen LogP contribution in [0.4, 0.5) is 0 Å². The Hall–Kier alpha value is -1.35. The molecule has 0 aromatic heterocycles. The van der Waals surface area contributed by atoms with Gasteiger partial charge in [-0.1, -0.05) is 37.3 Å². The number of carbonyl (C=O) groups excluding carboxylic acids is 1. The number of likely N-dealkylation sites (tertiary alicyclic amines) is 1. The minimum atomic E-state index is 0.00112. The van der Waals surface area contributed by atoms with Crippen LogP contribution in [0.15, 0.2) is 30.3 Å². The van der Waals surface area contributed by atoms with E-state index in [0.717, 1.165) is 38.9 Å². The van der Waals surface area contributed by atoms with Crippen LogP contribution in [-0.4, -0.2) is 30.6 Å². The molecule has 1 aliphatic heterocycles. The second kappa shape index (κ2) is 7.29. The molecule has 0 amide bonds. The van der Waals surface area contributed by atoms with Crippen molar-refractivity contribution < 1.29 is 9.53 Å². The van der Waals surface area contributed by atoms with Gasteiger partial charge in [0, 0.05) is 6.54 Å². The fourth-order valence-electron chi connectivity index (χ4n) is 2.49. The summed E-state index contributed by atoms with van der Waals surface area (Å²) in [6.45, 7) is 5.54. The Kier molecular flexibility index (Phi) is 5.40. The van der Waals surface area contributed by atoms with Crippen molar-refractivity contribution in [3.63, 3.8) is 0 Å². The molecule has 0 aliphatic carbocycles. The average molecular weight is 261 g/mol. The number of piperidine rings is 1. The molecule has 0 radical (unpaired) electrons. The Morgan fingerprint density at radius 2 is 1.95 bits per heavy atom. The molecule has 19 heavy (non-hydrogen) atoms. The first-order valence-corrected chi connectivity index (χ1v) is 7.22. The summed E-state index contributed by atoms with van der Waals surface area (Å²) in [7, 11) is 0. The van der Waals surface area contributed by atoms with Crippen LogP contribution in [0.2, 0.25) is 0 Å². The molecule has 1 saturated heterocycles. The average Bonchev–Trinajstić information content (AvgIpc) is 2.46. The fraction of sp³-hybridized carbons (Fsp3) is 0.562. The van der Waals surface area contributed by atoms with Crippen molar-refractivity contribution in [1.82, 2.24) is 4.90 Å². The van der Waals surface area contributed by atoms with Gasteiger partial charge in [0.25, 0.3) is 0 Å². The summed E-state index contributed by atoms with van der Waals surface area (Å²) in [4.78, 5) is 14.2. The molecule has 0 spiro atoms. The summed E-state index contributed by atoms with van der Waals surface area (Å²) >= 11 is 0. The third kappa shape index (κ3) is 4.35. The van der Waals surface area contributed by atoms with E-state index in [1.54, 1.807) is 0 Å². The number of nitrogens with zero attached hydrogens (tertiary/aromatic N) is 1. The smallest absolute Gasteiger partial charge is 0.309 e. The minimum absolute atomic E-state index is 0.00112. The second-order valence-electron chi connectivity index (χ2n) is 5.20. The molecule has 1 heterocycles. The molecule has 104 valence electrons. The Labute approximate surface area is 115 Å². The van der Waals surface area contributed by atoms with Gasteiger partial charge in [-0.25, -0.2) is 0 Å². The zero-order valence-electron chi connectivity index (χ0n) is 11.7. The first-order chi connectivity index (χ1) is 9.29. The van der Waals surface area contributed by atoms with Gasteiger partial charge in [-0.3, -0.25) is 9.69 Å². The lowest BCUT2D eigenvalue weighted by atomic mass is 9.96. The van der Waals surface area contributed by atoms with E-state index >= 15 is 0 Å². The molecule has 0 atom stereocenters. The number of benzene rings is 1. The molecule has 3 heteroatoms. The monoisotopic (exact) mass is 261 g/mol. The zero-order chi connectivity index (χ0) is 13.5. The number of rotatable bonds is 5. The van der Waals surface area contributed by atoms with E-state index in [2.05, 4.69) is 29.2 Å². The Bertz CT molecular complexity index is 383. The summed E-state index contributed by atoms with van der Waals surface area (Å²) in [6.07, 6.45) is 2.75. The van der Waals surface area contributed by atoms with Gasteiger partial charge in [-0.15, -0.1) is 0 Å². The highest BCUT2D eigenvalue weighted by molar-refractivity contribution is 5.72. The highest BCUT2D eigenvalue weighted by Crippen LogP contribution is 2.20. The quantitative estimate of drug-likeness (QED) is 0.763. The van der Waals surface area contributed by atoms with Gasteiger partial charge in [0.2, 0.25) is 0 Å².